The van der Waals surface area contributed by atoms with Crippen LogP contribution in [0, 0.1) is 6.92 Å². The second kappa shape index (κ2) is 9.93. The number of carbonyl (C=O) groups is 1. The average Bonchev–Trinajstić information content (AvgIpc) is 2.76. The van der Waals surface area contributed by atoms with Gasteiger partial charge >= 0.3 is 0 Å². The van der Waals surface area contributed by atoms with E-state index in [0.717, 1.165) is 9.87 Å². The Kier molecular flexibility index (Phi) is 7.08. The smallest absolute Gasteiger partial charge is 0.264 e. The zero-order valence-electron chi connectivity index (χ0n) is 16.7. The maximum atomic E-state index is 13.2. The van der Waals surface area contributed by atoms with Gasteiger partial charge in [0.05, 0.1) is 17.1 Å². The van der Waals surface area contributed by atoms with Crippen LogP contribution in [-0.4, -0.2) is 34.0 Å². The molecule has 156 valence electrons. The molecule has 0 fully saturated rings. The Balaban J connectivity index is 1.68. The Bertz CT molecular complexity index is 1050. The summed E-state index contributed by atoms with van der Waals surface area (Å²) in [6.07, 6.45) is 0. The number of aryl methyl sites for hydroxylation is 1. The maximum Gasteiger partial charge on any atom is 0.264 e. The van der Waals surface area contributed by atoms with Gasteiger partial charge < -0.3 is 10.1 Å². The van der Waals surface area contributed by atoms with Crippen LogP contribution < -0.4 is 14.4 Å². The van der Waals surface area contributed by atoms with Gasteiger partial charge in [-0.1, -0.05) is 54.1 Å². The van der Waals surface area contributed by atoms with E-state index in [1.54, 1.807) is 54.6 Å². The van der Waals surface area contributed by atoms with Crippen LogP contribution in [0.3, 0.4) is 0 Å². The van der Waals surface area contributed by atoms with Gasteiger partial charge in [-0.05, 0) is 43.3 Å². The molecule has 0 aliphatic carbocycles. The van der Waals surface area contributed by atoms with Crippen LogP contribution in [0.15, 0.2) is 89.8 Å². The molecule has 0 aliphatic rings. The van der Waals surface area contributed by atoms with E-state index >= 15 is 0 Å². The number of carbonyl (C=O) groups excluding carboxylic acids is 1. The maximum absolute atomic E-state index is 13.2. The van der Waals surface area contributed by atoms with Gasteiger partial charge in [0.2, 0.25) is 5.91 Å². The predicted octanol–water partition coefficient (Wildman–Crippen LogP) is 3.39. The Morgan fingerprint density at radius 3 is 2.13 bits per heavy atom. The summed E-state index contributed by atoms with van der Waals surface area (Å²) >= 11 is 0. The van der Waals surface area contributed by atoms with Crippen LogP contribution in [0.1, 0.15) is 5.56 Å². The van der Waals surface area contributed by atoms with Crippen molar-refractivity contribution in [1.29, 1.82) is 0 Å². The first-order chi connectivity index (χ1) is 14.5. The molecule has 0 spiro atoms. The molecule has 0 heterocycles. The minimum Gasteiger partial charge on any atom is -0.492 e. The first-order valence-corrected chi connectivity index (χ1v) is 11.0. The summed E-state index contributed by atoms with van der Waals surface area (Å²) in [6, 6.07) is 24.4. The number of hydrogen-bond acceptors (Lipinski definition) is 4. The Labute approximate surface area is 177 Å². The predicted molar refractivity (Wildman–Crippen MR) is 117 cm³/mol. The average molecular weight is 425 g/mol. The lowest BCUT2D eigenvalue weighted by molar-refractivity contribution is -0.119. The van der Waals surface area contributed by atoms with Crippen molar-refractivity contribution < 1.29 is 17.9 Å². The van der Waals surface area contributed by atoms with E-state index in [-0.39, 0.29) is 24.6 Å². The second-order valence-corrected chi connectivity index (χ2v) is 8.53. The normalized spacial score (nSPS) is 11.0. The zero-order chi connectivity index (χ0) is 21.4. The quantitative estimate of drug-likeness (QED) is 0.534. The number of nitrogens with zero attached hydrogens (tertiary/aromatic N) is 1. The van der Waals surface area contributed by atoms with Gasteiger partial charge in [0, 0.05) is 0 Å². The van der Waals surface area contributed by atoms with Crippen molar-refractivity contribution in [3.05, 3.63) is 90.5 Å². The van der Waals surface area contributed by atoms with E-state index in [0.29, 0.717) is 11.4 Å². The summed E-state index contributed by atoms with van der Waals surface area (Å²) in [4.78, 5) is 12.6. The molecule has 1 N–H and O–H groups in total. The van der Waals surface area contributed by atoms with E-state index in [4.69, 9.17) is 4.74 Å². The standard InChI is InChI=1S/C23H24N2O4S/c1-19-12-14-22(15-13-19)30(27,28)25(20-8-4-2-5-9-20)18-23(26)24-16-17-29-21-10-6-3-7-11-21/h2-15H,16-18H2,1H3,(H,24,26). The molecule has 7 heteroatoms. The molecule has 0 bridgehead atoms. The number of ether oxygens (including phenoxy) is 1. The molecule has 0 atom stereocenters. The van der Waals surface area contributed by atoms with Crippen LogP contribution >= 0.6 is 0 Å². The minimum atomic E-state index is -3.90. The molecular weight excluding hydrogens is 400 g/mol. The third-order valence-electron chi connectivity index (χ3n) is 4.38. The molecule has 3 rings (SSSR count). The summed E-state index contributed by atoms with van der Waals surface area (Å²) in [5.41, 5.74) is 1.38. The van der Waals surface area contributed by atoms with Gasteiger partial charge in [-0.15, -0.1) is 0 Å². The second-order valence-electron chi connectivity index (χ2n) is 6.67. The summed E-state index contributed by atoms with van der Waals surface area (Å²) < 4.78 is 33.1. The third-order valence-corrected chi connectivity index (χ3v) is 6.16. The summed E-state index contributed by atoms with van der Waals surface area (Å²) in [5.74, 6) is 0.297. The fourth-order valence-electron chi connectivity index (χ4n) is 2.81. The highest BCUT2D eigenvalue weighted by atomic mass is 32.2. The number of anilines is 1. The molecule has 3 aromatic carbocycles. The fourth-order valence-corrected chi connectivity index (χ4v) is 4.23. The van der Waals surface area contributed by atoms with E-state index in [1.807, 2.05) is 37.3 Å². The van der Waals surface area contributed by atoms with E-state index < -0.39 is 15.9 Å². The van der Waals surface area contributed by atoms with Crippen molar-refractivity contribution in [3.63, 3.8) is 0 Å². The number of nitrogens with one attached hydrogen (secondary N) is 1. The molecule has 0 saturated carbocycles. The summed E-state index contributed by atoms with van der Waals surface area (Å²) in [5, 5.41) is 2.72. The Hall–Kier alpha value is -3.32. The fraction of sp³-hybridized carbons (Fsp3) is 0.174. The van der Waals surface area contributed by atoms with Crippen molar-refractivity contribution in [1.82, 2.24) is 5.32 Å². The van der Waals surface area contributed by atoms with E-state index in [2.05, 4.69) is 5.32 Å². The van der Waals surface area contributed by atoms with Gasteiger partial charge in [-0.25, -0.2) is 8.42 Å². The van der Waals surface area contributed by atoms with E-state index in [1.165, 1.54) is 0 Å². The van der Waals surface area contributed by atoms with Crippen molar-refractivity contribution >= 4 is 21.6 Å². The highest BCUT2D eigenvalue weighted by molar-refractivity contribution is 7.92. The van der Waals surface area contributed by atoms with Crippen LogP contribution in [0.4, 0.5) is 5.69 Å². The lowest BCUT2D eigenvalue weighted by Crippen LogP contribution is -2.41. The lowest BCUT2D eigenvalue weighted by Gasteiger charge is -2.24. The highest BCUT2D eigenvalue weighted by Crippen LogP contribution is 2.23. The molecule has 0 saturated heterocycles. The number of benzene rings is 3. The van der Waals surface area contributed by atoms with Crippen LogP contribution in [0.2, 0.25) is 0 Å². The topological polar surface area (TPSA) is 75.7 Å². The van der Waals surface area contributed by atoms with Crippen LogP contribution in [0.25, 0.3) is 0 Å². The molecule has 0 unspecified atom stereocenters. The molecule has 1 amide bonds. The first kappa shape index (κ1) is 21.4. The summed E-state index contributed by atoms with van der Waals surface area (Å²) in [6.45, 7) is 2.11. The van der Waals surface area contributed by atoms with Gasteiger partial charge in [-0.2, -0.15) is 0 Å². The highest BCUT2D eigenvalue weighted by Gasteiger charge is 2.26. The van der Waals surface area contributed by atoms with Gasteiger partial charge in [-0.3, -0.25) is 9.10 Å². The first-order valence-electron chi connectivity index (χ1n) is 9.56. The SMILES string of the molecule is Cc1ccc(S(=O)(=O)N(CC(=O)NCCOc2ccccc2)c2ccccc2)cc1. The van der Waals surface area contributed by atoms with Gasteiger partial charge in [0.1, 0.15) is 18.9 Å². The van der Waals surface area contributed by atoms with Crippen LogP contribution in [0.5, 0.6) is 5.75 Å². The number of sulfonamides is 1. The molecule has 3 aromatic rings. The van der Waals surface area contributed by atoms with Crippen molar-refractivity contribution in [3.8, 4) is 5.75 Å². The lowest BCUT2D eigenvalue weighted by atomic mass is 10.2. The number of hydrogen-bond donors (Lipinski definition) is 1. The van der Waals surface area contributed by atoms with Gasteiger partial charge in [0.25, 0.3) is 10.0 Å². The Morgan fingerprint density at radius 2 is 1.50 bits per heavy atom. The number of amides is 1. The minimum absolute atomic E-state index is 0.136. The molecule has 0 aromatic heterocycles. The molecule has 6 nitrogen and oxygen atoms in total. The summed E-state index contributed by atoms with van der Waals surface area (Å²) in [7, 11) is -3.90. The molecule has 30 heavy (non-hydrogen) atoms. The van der Waals surface area contributed by atoms with E-state index in [9.17, 15) is 13.2 Å². The van der Waals surface area contributed by atoms with Gasteiger partial charge in [0.15, 0.2) is 0 Å². The van der Waals surface area contributed by atoms with Crippen molar-refractivity contribution in [2.24, 2.45) is 0 Å². The Morgan fingerprint density at radius 1 is 0.900 bits per heavy atom. The molecule has 0 aliphatic heterocycles. The van der Waals surface area contributed by atoms with Crippen LogP contribution in [-0.2, 0) is 14.8 Å². The molecular formula is C23H24N2O4S. The monoisotopic (exact) mass is 424 g/mol. The third kappa shape index (κ3) is 5.61. The largest absolute Gasteiger partial charge is 0.492 e. The molecule has 0 radical (unpaired) electrons. The van der Waals surface area contributed by atoms with Crippen molar-refractivity contribution in [2.45, 2.75) is 11.8 Å². The van der Waals surface area contributed by atoms with Crippen molar-refractivity contribution in [2.75, 3.05) is 24.0 Å². The number of para-hydroxylation sites is 2. The zero-order valence-corrected chi connectivity index (χ0v) is 17.5. The number of rotatable bonds is 9.